The average molecular weight is 551 g/mol. The van der Waals surface area contributed by atoms with Crippen LogP contribution in [0.25, 0.3) is 0 Å². The number of imide groups is 1. The van der Waals surface area contributed by atoms with E-state index in [4.69, 9.17) is 0 Å². The van der Waals surface area contributed by atoms with Crippen LogP contribution in [0, 0.1) is 5.41 Å². The van der Waals surface area contributed by atoms with E-state index in [0.29, 0.717) is 12.8 Å². The molecule has 10 nitrogen and oxygen atoms in total. The number of ketones is 1. The van der Waals surface area contributed by atoms with Crippen LogP contribution >= 0.6 is 0 Å². The number of nitrogens with one attached hydrogen (secondary N) is 2. The number of carbonyl (C=O) groups is 5. The Labute approximate surface area is 234 Å². The second-order valence-electron chi connectivity index (χ2n) is 10.9. The van der Waals surface area contributed by atoms with Gasteiger partial charge in [-0.1, -0.05) is 82.1 Å². The Bertz CT molecular complexity index is 1220. The van der Waals surface area contributed by atoms with Gasteiger partial charge in [-0.05, 0) is 42.9 Å². The Morgan fingerprint density at radius 2 is 1.62 bits per heavy atom. The molecule has 0 bridgehead atoms. The third kappa shape index (κ3) is 7.46. The first-order valence-electron chi connectivity index (χ1n) is 13.5. The number of likely N-dealkylation sites (tertiary alicyclic amines) is 1. The van der Waals surface area contributed by atoms with Gasteiger partial charge in [0.15, 0.2) is 0 Å². The first kappa shape index (κ1) is 30.3. The molecule has 2 aromatic rings. The van der Waals surface area contributed by atoms with Gasteiger partial charge in [0.1, 0.15) is 12.2 Å². The highest BCUT2D eigenvalue weighted by molar-refractivity contribution is 6.38. The molecule has 0 aromatic heterocycles. The standard InChI is InChI=1S/C30H38N4O6/c1-5-6-17-23(25(35)27(37)31-20(2)21-13-9-7-10-14-21)34(29(39)40)24-18-30(3,4)19-33(24)28(38)32-26(36)22-15-11-8-12-16-22/h7-16,20,23-24H,5-6,17-19H2,1-4H3,(H,31,37)(H,39,40)(H,32,36,38)/t20-,23+,24?/m1/s1. The second kappa shape index (κ2) is 13.2. The van der Waals surface area contributed by atoms with E-state index in [2.05, 4.69) is 10.6 Å². The van der Waals surface area contributed by atoms with Crippen LogP contribution in [-0.4, -0.2) is 63.4 Å². The van der Waals surface area contributed by atoms with E-state index in [0.717, 1.165) is 10.5 Å². The molecule has 0 aliphatic carbocycles. The van der Waals surface area contributed by atoms with E-state index in [1.165, 1.54) is 4.90 Å². The molecule has 1 aliphatic heterocycles. The highest BCUT2D eigenvalue weighted by Gasteiger charge is 2.48. The molecular formula is C30H38N4O6. The van der Waals surface area contributed by atoms with E-state index in [9.17, 15) is 29.1 Å². The number of rotatable bonds is 10. The van der Waals surface area contributed by atoms with Gasteiger partial charge in [0.25, 0.3) is 11.8 Å². The summed E-state index contributed by atoms with van der Waals surface area (Å²) in [4.78, 5) is 67.5. The predicted molar refractivity (Wildman–Crippen MR) is 149 cm³/mol. The van der Waals surface area contributed by atoms with Crippen LogP contribution in [0.1, 0.15) is 75.3 Å². The van der Waals surface area contributed by atoms with Crippen molar-refractivity contribution in [2.75, 3.05) is 6.54 Å². The maximum atomic E-state index is 13.5. The molecule has 3 N–H and O–H groups in total. The number of hydrogen-bond acceptors (Lipinski definition) is 5. The van der Waals surface area contributed by atoms with E-state index in [1.807, 2.05) is 51.1 Å². The summed E-state index contributed by atoms with van der Waals surface area (Å²) in [7, 11) is 0. The molecule has 3 rings (SSSR count). The molecule has 0 saturated carbocycles. The van der Waals surface area contributed by atoms with Gasteiger partial charge < -0.3 is 15.3 Å². The van der Waals surface area contributed by atoms with Crippen molar-refractivity contribution in [3.05, 3.63) is 71.8 Å². The van der Waals surface area contributed by atoms with Gasteiger partial charge in [0.2, 0.25) is 5.78 Å². The minimum atomic E-state index is -1.42. The number of urea groups is 1. The maximum absolute atomic E-state index is 13.5. The summed E-state index contributed by atoms with van der Waals surface area (Å²) in [5, 5.41) is 15.4. The lowest BCUT2D eigenvalue weighted by Crippen LogP contribution is -2.59. The van der Waals surface area contributed by atoms with E-state index in [-0.39, 0.29) is 24.9 Å². The lowest BCUT2D eigenvalue weighted by Gasteiger charge is -2.37. The minimum absolute atomic E-state index is 0.115. The number of unbranched alkanes of at least 4 members (excludes halogenated alkanes) is 1. The molecule has 214 valence electrons. The largest absolute Gasteiger partial charge is 0.465 e. The SMILES string of the molecule is CCCC[C@@H](C(=O)C(=O)N[C@H](C)c1ccccc1)N(C(=O)O)C1CC(C)(C)CN1C(=O)NC(=O)c1ccccc1. The maximum Gasteiger partial charge on any atom is 0.409 e. The van der Waals surface area contributed by atoms with Gasteiger partial charge in [-0.2, -0.15) is 0 Å². The summed E-state index contributed by atoms with van der Waals surface area (Å²) in [6.45, 7) is 7.55. The zero-order chi connectivity index (χ0) is 29.4. The van der Waals surface area contributed by atoms with Crippen molar-refractivity contribution in [1.29, 1.82) is 0 Å². The van der Waals surface area contributed by atoms with E-state index in [1.54, 1.807) is 37.3 Å². The summed E-state index contributed by atoms with van der Waals surface area (Å²) in [5.74, 6) is -2.40. The Kier molecular flexibility index (Phi) is 10.0. The summed E-state index contributed by atoms with van der Waals surface area (Å²) in [6, 6.07) is 14.8. The molecule has 2 aromatic carbocycles. The molecule has 10 heteroatoms. The van der Waals surface area contributed by atoms with Crippen molar-refractivity contribution in [2.45, 2.75) is 71.6 Å². The molecule has 40 heavy (non-hydrogen) atoms. The lowest BCUT2D eigenvalue weighted by molar-refractivity contribution is -0.142. The highest BCUT2D eigenvalue weighted by Crippen LogP contribution is 2.37. The molecular weight excluding hydrogens is 512 g/mol. The number of benzene rings is 2. The summed E-state index contributed by atoms with van der Waals surface area (Å²) in [6.07, 6.45) is -0.967. The first-order valence-corrected chi connectivity index (χ1v) is 13.5. The third-order valence-electron chi connectivity index (χ3n) is 7.09. The Morgan fingerprint density at radius 3 is 2.20 bits per heavy atom. The fraction of sp³-hybridized carbons (Fsp3) is 0.433. The van der Waals surface area contributed by atoms with Crippen molar-refractivity contribution in [3.63, 3.8) is 0 Å². The Hall–Kier alpha value is -4.21. The summed E-state index contributed by atoms with van der Waals surface area (Å²) in [5.41, 5.74) is 0.571. The van der Waals surface area contributed by atoms with Crippen molar-refractivity contribution >= 4 is 29.7 Å². The van der Waals surface area contributed by atoms with Crippen LogP contribution in [0.15, 0.2) is 60.7 Å². The fourth-order valence-electron chi connectivity index (χ4n) is 5.03. The highest BCUT2D eigenvalue weighted by atomic mass is 16.4. The molecule has 3 atom stereocenters. The van der Waals surface area contributed by atoms with Crippen LogP contribution < -0.4 is 10.6 Å². The quantitative estimate of drug-likeness (QED) is 0.371. The normalized spacial score (nSPS) is 17.4. The van der Waals surface area contributed by atoms with Crippen LogP contribution in [0.4, 0.5) is 9.59 Å². The van der Waals surface area contributed by atoms with Crippen molar-refractivity contribution < 1.29 is 29.1 Å². The third-order valence-corrected chi connectivity index (χ3v) is 7.09. The average Bonchev–Trinajstić information content (AvgIpc) is 3.25. The van der Waals surface area contributed by atoms with E-state index < -0.39 is 53.4 Å². The number of hydrogen-bond donors (Lipinski definition) is 3. The minimum Gasteiger partial charge on any atom is -0.465 e. The first-order chi connectivity index (χ1) is 18.9. The number of carbonyl (C=O) groups excluding carboxylic acids is 4. The molecule has 1 aliphatic rings. The zero-order valence-electron chi connectivity index (χ0n) is 23.4. The van der Waals surface area contributed by atoms with Crippen LogP contribution in [0.5, 0.6) is 0 Å². The molecule has 0 radical (unpaired) electrons. The predicted octanol–water partition coefficient (Wildman–Crippen LogP) is 4.58. The van der Waals surface area contributed by atoms with Crippen molar-refractivity contribution in [3.8, 4) is 0 Å². The van der Waals surface area contributed by atoms with Crippen LogP contribution in [0.2, 0.25) is 0 Å². The second-order valence-corrected chi connectivity index (χ2v) is 10.9. The monoisotopic (exact) mass is 550 g/mol. The molecule has 1 unspecified atom stereocenters. The number of nitrogens with zero attached hydrogens (tertiary/aromatic N) is 2. The van der Waals surface area contributed by atoms with Crippen LogP contribution in [-0.2, 0) is 9.59 Å². The number of carboxylic acid groups (broad SMARTS) is 1. The molecule has 1 saturated heterocycles. The lowest BCUT2D eigenvalue weighted by atomic mass is 9.91. The summed E-state index contributed by atoms with van der Waals surface area (Å²) < 4.78 is 0. The van der Waals surface area contributed by atoms with Crippen molar-refractivity contribution in [1.82, 2.24) is 20.4 Å². The Balaban J connectivity index is 1.87. The smallest absolute Gasteiger partial charge is 0.409 e. The molecule has 1 heterocycles. The van der Waals surface area contributed by atoms with Crippen LogP contribution in [0.3, 0.4) is 0 Å². The number of Topliss-reactive ketones (excluding diaryl/α,β-unsaturated/α-hetero) is 1. The number of amides is 5. The Morgan fingerprint density at radius 1 is 1.02 bits per heavy atom. The van der Waals surface area contributed by atoms with Gasteiger partial charge in [-0.15, -0.1) is 0 Å². The molecule has 0 spiro atoms. The molecule has 1 fully saturated rings. The van der Waals surface area contributed by atoms with Crippen molar-refractivity contribution in [2.24, 2.45) is 5.41 Å². The summed E-state index contributed by atoms with van der Waals surface area (Å²) >= 11 is 0. The van der Waals surface area contributed by atoms with Gasteiger partial charge in [0, 0.05) is 12.1 Å². The van der Waals surface area contributed by atoms with Gasteiger partial charge in [0.05, 0.1) is 6.04 Å². The van der Waals surface area contributed by atoms with Gasteiger partial charge in [-0.3, -0.25) is 24.6 Å². The topological polar surface area (TPSA) is 136 Å². The van der Waals surface area contributed by atoms with E-state index >= 15 is 0 Å². The van der Waals surface area contributed by atoms with Gasteiger partial charge in [-0.25, -0.2) is 9.59 Å². The van der Waals surface area contributed by atoms with Gasteiger partial charge >= 0.3 is 12.1 Å². The zero-order valence-corrected chi connectivity index (χ0v) is 23.4. The fourth-order valence-corrected chi connectivity index (χ4v) is 5.03. The molecule has 5 amide bonds.